The van der Waals surface area contributed by atoms with E-state index in [1.54, 1.807) is 0 Å². The van der Waals surface area contributed by atoms with Crippen molar-refractivity contribution in [2.75, 3.05) is 55.9 Å². The first-order valence-corrected chi connectivity index (χ1v) is 11.2. The Morgan fingerprint density at radius 2 is 1.58 bits per heavy atom. The molecule has 4 heterocycles. The molecule has 0 bridgehead atoms. The largest absolute Gasteiger partial charge is 0.454 e. The van der Waals surface area contributed by atoms with E-state index in [1.807, 2.05) is 6.07 Å². The summed E-state index contributed by atoms with van der Waals surface area (Å²) in [6.07, 6.45) is 2.48. The molecule has 3 aliphatic rings. The molecule has 0 aliphatic carbocycles. The van der Waals surface area contributed by atoms with Gasteiger partial charge in [0.05, 0.1) is 5.52 Å². The zero-order chi connectivity index (χ0) is 20.6. The maximum absolute atomic E-state index is 5.52. The third-order valence-corrected chi connectivity index (χ3v) is 6.48. The van der Waals surface area contributed by atoms with E-state index >= 15 is 0 Å². The van der Waals surface area contributed by atoms with Gasteiger partial charge in [-0.3, -0.25) is 4.90 Å². The Kier molecular flexibility index (Phi) is 4.76. The second kappa shape index (κ2) is 7.89. The van der Waals surface area contributed by atoms with Crippen molar-refractivity contribution in [1.29, 1.82) is 0 Å². The average molecular weight is 418 g/mol. The van der Waals surface area contributed by atoms with Crippen molar-refractivity contribution in [1.82, 2.24) is 14.9 Å². The lowest BCUT2D eigenvalue weighted by Gasteiger charge is -2.35. The molecule has 0 saturated carbocycles. The van der Waals surface area contributed by atoms with Crippen LogP contribution in [0.3, 0.4) is 0 Å². The highest BCUT2D eigenvalue weighted by molar-refractivity contribution is 5.90. The van der Waals surface area contributed by atoms with Gasteiger partial charge in [0.2, 0.25) is 12.7 Å². The maximum Gasteiger partial charge on any atom is 0.231 e. The Bertz CT molecular complexity index is 1090. The fourth-order valence-corrected chi connectivity index (χ4v) is 4.76. The van der Waals surface area contributed by atoms with E-state index in [0.29, 0.717) is 6.79 Å². The normalized spacial score (nSPS) is 18.8. The van der Waals surface area contributed by atoms with E-state index in [-0.39, 0.29) is 0 Å². The van der Waals surface area contributed by atoms with Crippen molar-refractivity contribution in [3.05, 3.63) is 48.0 Å². The van der Waals surface area contributed by atoms with E-state index in [1.165, 1.54) is 18.4 Å². The van der Waals surface area contributed by atoms with Crippen LogP contribution in [0.5, 0.6) is 11.5 Å². The molecule has 0 radical (unpaired) electrons. The third-order valence-electron chi connectivity index (χ3n) is 6.48. The fourth-order valence-electron chi connectivity index (χ4n) is 4.76. The fraction of sp³-hybridized carbons (Fsp3) is 0.417. The molecule has 2 fully saturated rings. The van der Waals surface area contributed by atoms with Gasteiger partial charge in [0.25, 0.3) is 0 Å². The molecule has 0 atom stereocenters. The summed E-state index contributed by atoms with van der Waals surface area (Å²) >= 11 is 0. The maximum atomic E-state index is 5.52. The lowest BCUT2D eigenvalue weighted by atomic mass is 10.1. The van der Waals surface area contributed by atoms with Gasteiger partial charge < -0.3 is 19.3 Å². The summed E-state index contributed by atoms with van der Waals surface area (Å²) in [5.41, 5.74) is 2.30. The SMILES string of the molecule is c1ccc2c(N3CCCC3)nc(N3CCN(Cc4ccc5c(c4)OCO5)CC3)nc2c1. The average Bonchev–Trinajstić information content (AvgIpc) is 3.51. The molecule has 3 aliphatic heterocycles. The number of ether oxygens (including phenoxy) is 2. The molecule has 2 aromatic carbocycles. The molecule has 2 saturated heterocycles. The highest BCUT2D eigenvalue weighted by atomic mass is 16.7. The van der Waals surface area contributed by atoms with Gasteiger partial charge in [-0.05, 0) is 42.7 Å². The Balaban J connectivity index is 1.18. The number of nitrogens with zero attached hydrogens (tertiary/aromatic N) is 5. The summed E-state index contributed by atoms with van der Waals surface area (Å²) < 4.78 is 10.9. The second-order valence-electron chi connectivity index (χ2n) is 8.51. The van der Waals surface area contributed by atoms with Crippen LogP contribution in [-0.2, 0) is 6.54 Å². The van der Waals surface area contributed by atoms with Gasteiger partial charge >= 0.3 is 0 Å². The van der Waals surface area contributed by atoms with Crippen LogP contribution in [0.1, 0.15) is 18.4 Å². The van der Waals surface area contributed by atoms with Crippen LogP contribution in [0, 0.1) is 0 Å². The lowest BCUT2D eigenvalue weighted by molar-refractivity contribution is 0.174. The predicted molar refractivity (Wildman–Crippen MR) is 121 cm³/mol. The molecule has 160 valence electrons. The number of fused-ring (bicyclic) bond motifs is 2. The molecule has 0 unspecified atom stereocenters. The van der Waals surface area contributed by atoms with Crippen LogP contribution < -0.4 is 19.3 Å². The van der Waals surface area contributed by atoms with Gasteiger partial charge in [-0.2, -0.15) is 4.98 Å². The number of para-hydroxylation sites is 1. The molecule has 7 nitrogen and oxygen atoms in total. The van der Waals surface area contributed by atoms with E-state index in [2.05, 4.69) is 51.1 Å². The third kappa shape index (κ3) is 3.63. The van der Waals surface area contributed by atoms with Crippen LogP contribution in [0.25, 0.3) is 10.9 Å². The molecule has 3 aromatic rings. The number of rotatable bonds is 4. The van der Waals surface area contributed by atoms with E-state index in [0.717, 1.165) is 80.0 Å². The number of hydrogen-bond donors (Lipinski definition) is 0. The molecule has 0 N–H and O–H groups in total. The molecule has 6 rings (SSSR count). The van der Waals surface area contributed by atoms with Crippen molar-refractivity contribution in [3.63, 3.8) is 0 Å². The van der Waals surface area contributed by atoms with Crippen molar-refractivity contribution in [2.24, 2.45) is 0 Å². The Labute approximate surface area is 182 Å². The molecule has 0 spiro atoms. The van der Waals surface area contributed by atoms with E-state index in [4.69, 9.17) is 19.4 Å². The summed E-state index contributed by atoms with van der Waals surface area (Å²) in [6, 6.07) is 14.6. The van der Waals surface area contributed by atoms with Crippen LogP contribution in [-0.4, -0.2) is 60.9 Å². The van der Waals surface area contributed by atoms with Crippen molar-refractivity contribution in [2.45, 2.75) is 19.4 Å². The number of piperazine rings is 1. The molecule has 0 amide bonds. The zero-order valence-corrected chi connectivity index (χ0v) is 17.7. The summed E-state index contributed by atoms with van der Waals surface area (Å²) in [5, 5.41) is 1.16. The van der Waals surface area contributed by atoms with Crippen LogP contribution >= 0.6 is 0 Å². The number of hydrogen-bond acceptors (Lipinski definition) is 7. The Hall–Kier alpha value is -3.06. The molecular formula is C24H27N5O2. The van der Waals surface area contributed by atoms with Gasteiger partial charge in [0.15, 0.2) is 11.5 Å². The molecule has 7 heteroatoms. The van der Waals surface area contributed by atoms with Crippen LogP contribution in [0.4, 0.5) is 11.8 Å². The smallest absolute Gasteiger partial charge is 0.231 e. The summed E-state index contributed by atoms with van der Waals surface area (Å²) in [6.45, 7) is 7.26. The predicted octanol–water partition coefficient (Wildman–Crippen LogP) is 3.28. The summed E-state index contributed by atoms with van der Waals surface area (Å²) in [5.74, 6) is 3.66. The molecule has 31 heavy (non-hydrogen) atoms. The minimum absolute atomic E-state index is 0.322. The monoisotopic (exact) mass is 417 g/mol. The van der Waals surface area contributed by atoms with Gasteiger partial charge in [-0.25, -0.2) is 4.98 Å². The minimum atomic E-state index is 0.322. The minimum Gasteiger partial charge on any atom is -0.454 e. The zero-order valence-electron chi connectivity index (χ0n) is 17.7. The number of benzene rings is 2. The second-order valence-corrected chi connectivity index (χ2v) is 8.51. The quantitative estimate of drug-likeness (QED) is 0.646. The first-order chi connectivity index (χ1) is 15.3. The standard InChI is InChI=1S/C24H27N5O2/c1-2-6-20-19(5-1)23(28-9-3-4-10-28)26-24(25-20)29-13-11-27(12-14-29)16-18-7-8-21-22(15-18)31-17-30-21/h1-2,5-8,15H,3-4,9-14,16-17H2. The van der Waals surface area contributed by atoms with Crippen molar-refractivity contribution >= 4 is 22.7 Å². The van der Waals surface area contributed by atoms with Crippen molar-refractivity contribution in [3.8, 4) is 11.5 Å². The Morgan fingerprint density at radius 1 is 0.774 bits per heavy atom. The first kappa shape index (κ1) is 18.7. The summed E-state index contributed by atoms with van der Waals surface area (Å²) in [4.78, 5) is 17.2. The van der Waals surface area contributed by atoms with Gasteiger partial charge in [0.1, 0.15) is 5.82 Å². The van der Waals surface area contributed by atoms with Gasteiger partial charge in [-0.15, -0.1) is 0 Å². The highest BCUT2D eigenvalue weighted by Crippen LogP contribution is 2.33. The molecule has 1 aromatic heterocycles. The van der Waals surface area contributed by atoms with Crippen LogP contribution in [0.2, 0.25) is 0 Å². The lowest BCUT2D eigenvalue weighted by Crippen LogP contribution is -2.46. The number of aromatic nitrogens is 2. The van der Waals surface area contributed by atoms with E-state index < -0.39 is 0 Å². The highest BCUT2D eigenvalue weighted by Gasteiger charge is 2.23. The number of anilines is 2. The Morgan fingerprint density at radius 3 is 2.45 bits per heavy atom. The first-order valence-electron chi connectivity index (χ1n) is 11.2. The van der Waals surface area contributed by atoms with Gasteiger partial charge in [0, 0.05) is 51.2 Å². The molecular weight excluding hydrogens is 390 g/mol. The van der Waals surface area contributed by atoms with Gasteiger partial charge in [-0.1, -0.05) is 18.2 Å². The topological polar surface area (TPSA) is 54.0 Å². The van der Waals surface area contributed by atoms with E-state index in [9.17, 15) is 0 Å². The summed E-state index contributed by atoms with van der Waals surface area (Å²) in [7, 11) is 0. The van der Waals surface area contributed by atoms with Crippen LogP contribution in [0.15, 0.2) is 42.5 Å². The van der Waals surface area contributed by atoms with Crippen molar-refractivity contribution < 1.29 is 9.47 Å².